The second-order valence-electron chi connectivity index (χ2n) is 5.71. The molecule has 1 aliphatic heterocycles. The first-order valence-electron chi connectivity index (χ1n) is 7.65. The van der Waals surface area contributed by atoms with Gasteiger partial charge in [-0.15, -0.1) is 0 Å². The number of hydrogen-bond donors (Lipinski definition) is 1. The maximum atomic E-state index is 12.8. The fourth-order valence-corrected chi connectivity index (χ4v) is 2.74. The lowest BCUT2D eigenvalue weighted by atomic mass is 9.73. The van der Waals surface area contributed by atoms with Crippen molar-refractivity contribution < 1.29 is 14.3 Å². The Morgan fingerprint density at radius 1 is 1.33 bits per heavy atom. The maximum absolute atomic E-state index is 12.8. The fourth-order valence-electron chi connectivity index (χ4n) is 2.74. The number of methoxy groups -OCH3 is 1. The normalized spacial score (nSPS) is 18.8. The van der Waals surface area contributed by atoms with Crippen LogP contribution in [0.5, 0.6) is 5.75 Å². The van der Waals surface area contributed by atoms with Crippen molar-refractivity contribution in [3.63, 3.8) is 0 Å². The molecule has 1 aromatic carbocycles. The molecule has 4 nitrogen and oxygen atoms in total. The van der Waals surface area contributed by atoms with Gasteiger partial charge in [-0.1, -0.05) is 19.1 Å². The molecule has 0 saturated carbocycles. The zero-order valence-electron chi connectivity index (χ0n) is 13.1. The van der Waals surface area contributed by atoms with Gasteiger partial charge >= 0.3 is 0 Å². The summed E-state index contributed by atoms with van der Waals surface area (Å²) in [6, 6.07) is 8.03. The van der Waals surface area contributed by atoms with Crippen molar-refractivity contribution in [3.05, 3.63) is 29.8 Å². The minimum atomic E-state index is -0.478. The third-order valence-corrected chi connectivity index (χ3v) is 4.41. The van der Waals surface area contributed by atoms with Crippen LogP contribution in [-0.4, -0.2) is 32.3 Å². The van der Waals surface area contributed by atoms with Crippen LogP contribution >= 0.6 is 0 Å². The number of amides is 1. The zero-order chi connectivity index (χ0) is 15.3. The average molecular weight is 291 g/mol. The minimum Gasteiger partial charge on any atom is -0.497 e. The van der Waals surface area contributed by atoms with E-state index in [1.807, 2.05) is 31.2 Å². The Kier molecular flexibility index (Phi) is 5.23. The van der Waals surface area contributed by atoms with Gasteiger partial charge in [-0.3, -0.25) is 4.79 Å². The smallest absolute Gasteiger partial charge is 0.231 e. The van der Waals surface area contributed by atoms with E-state index in [0.29, 0.717) is 13.2 Å². The van der Waals surface area contributed by atoms with Crippen molar-refractivity contribution in [1.29, 1.82) is 0 Å². The molecule has 1 amide bonds. The van der Waals surface area contributed by atoms with Crippen LogP contribution in [0.4, 0.5) is 0 Å². The predicted octanol–water partition coefficient (Wildman–Crippen LogP) is 2.66. The van der Waals surface area contributed by atoms with E-state index in [9.17, 15) is 4.79 Å². The first-order chi connectivity index (χ1) is 10.1. The van der Waals surface area contributed by atoms with Crippen LogP contribution in [0.15, 0.2) is 24.3 Å². The molecular formula is C17H25NO3. The molecule has 1 saturated heterocycles. The number of rotatable bonds is 5. The van der Waals surface area contributed by atoms with Gasteiger partial charge in [-0.2, -0.15) is 0 Å². The first kappa shape index (κ1) is 15.8. The molecule has 4 heteroatoms. The molecule has 116 valence electrons. The molecule has 1 fully saturated rings. The van der Waals surface area contributed by atoms with Gasteiger partial charge in [-0.25, -0.2) is 0 Å². The molecule has 1 aromatic rings. The van der Waals surface area contributed by atoms with Gasteiger partial charge in [0, 0.05) is 19.3 Å². The summed E-state index contributed by atoms with van der Waals surface area (Å²) >= 11 is 0. The zero-order valence-corrected chi connectivity index (χ0v) is 13.1. The summed E-state index contributed by atoms with van der Waals surface area (Å²) in [6.45, 7) is 5.37. The Labute approximate surface area is 126 Å². The van der Waals surface area contributed by atoms with Gasteiger partial charge < -0.3 is 14.8 Å². The monoisotopic (exact) mass is 291 g/mol. The molecule has 21 heavy (non-hydrogen) atoms. The highest BCUT2D eigenvalue weighted by Gasteiger charge is 2.41. The second kappa shape index (κ2) is 6.94. The van der Waals surface area contributed by atoms with Gasteiger partial charge in [0.15, 0.2) is 0 Å². The summed E-state index contributed by atoms with van der Waals surface area (Å²) < 4.78 is 10.7. The van der Waals surface area contributed by atoms with Crippen LogP contribution in [0.25, 0.3) is 0 Å². The minimum absolute atomic E-state index is 0.116. The van der Waals surface area contributed by atoms with Crippen LogP contribution in [0.3, 0.4) is 0 Å². The molecule has 0 aromatic heterocycles. The molecule has 1 heterocycles. The standard InChI is InChI=1S/C17H25NO3/c1-4-13(2)18-16(19)17(9-11-21-12-10-17)14-5-7-15(20-3)8-6-14/h5-8,13H,4,9-12H2,1-3H3,(H,18,19)/t13-/m0/s1. The Bertz CT molecular complexity index is 463. The molecule has 1 aliphatic rings. The average Bonchev–Trinajstić information content (AvgIpc) is 2.55. The van der Waals surface area contributed by atoms with Crippen molar-refractivity contribution >= 4 is 5.91 Å². The lowest BCUT2D eigenvalue weighted by Gasteiger charge is -2.37. The van der Waals surface area contributed by atoms with Crippen molar-refractivity contribution in [1.82, 2.24) is 5.32 Å². The van der Waals surface area contributed by atoms with Crippen LogP contribution in [0, 0.1) is 0 Å². The molecular weight excluding hydrogens is 266 g/mol. The molecule has 0 radical (unpaired) electrons. The number of hydrogen-bond acceptors (Lipinski definition) is 3. The van der Waals surface area contributed by atoms with Gasteiger partial charge in [-0.05, 0) is 43.9 Å². The van der Waals surface area contributed by atoms with Crippen molar-refractivity contribution in [2.75, 3.05) is 20.3 Å². The molecule has 2 rings (SSSR count). The summed E-state index contributed by atoms with van der Waals surface area (Å²) in [7, 11) is 1.65. The van der Waals surface area contributed by atoms with Gasteiger partial charge in [0.2, 0.25) is 5.91 Å². The van der Waals surface area contributed by atoms with Gasteiger partial charge in [0.1, 0.15) is 5.75 Å². The Morgan fingerprint density at radius 3 is 2.48 bits per heavy atom. The Morgan fingerprint density at radius 2 is 1.95 bits per heavy atom. The summed E-state index contributed by atoms with van der Waals surface area (Å²) in [6.07, 6.45) is 2.38. The quantitative estimate of drug-likeness (QED) is 0.907. The number of ether oxygens (including phenoxy) is 2. The van der Waals surface area contributed by atoms with E-state index < -0.39 is 5.41 Å². The van der Waals surface area contributed by atoms with E-state index in [4.69, 9.17) is 9.47 Å². The van der Waals surface area contributed by atoms with E-state index in [1.165, 1.54) is 0 Å². The Balaban J connectivity index is 2.29. The van der Waals surface area contributed by atoms with E-state index in [0.717, 1.165) is 30.6 Å². The number of nitrogens with one attached hydrogen (secondary N) is 1. The molecule has 1 N–H and O–H groups in total. The molecule has 0 aliphatic carbocycles. The topological polar surface area (TPSA) is 47.6 Å². The largest absolute Gasteiger partial charge is 0.497 e. The SMILES string of the molecule is CC[C@H](C)NC(=O)C1(c2ccc(OC)cc2)CCOCC1. The second-order valence-corrected chi connectivity index (χ2v) is 5.71. The first-order valence-corrected chi connectivity index (χ1v) is 7.65. The molecule has 0 bridgehead atoms. The van der Waals surface area contributed by atoms with E-state index >= 15 is 0 Å². The number of carbonyl (C=O) groups is 1. The highest BCUT2D eigenvalue weighted by Crippen LogP contribution is 2.36. The van der Waals surface area contributed by atoms with E-state index in [1.54, 1.807) is 7.11 Å². The number of carbonyl (C=O) groups excluding carboxylic acids is 1. The van der Waals surface area contributed by atoms with Crippen molar-refractivity contribution in [2.24, 2.45) is 0 Å². The van der Waals surface area contributed by atoms with Crippen LogP contribution in [-0.2, 0) is 14.9 Å². The molecule has 0 spiro atoms. The van der Waals surface area contributed by atoms with Crippen LogP contribution in [0.1, 0.15) is 38.7 Å². The highest BCUT2D eigenvalue weighted by atomic mass is 16.5. The van der Waals surface area contributed by atoms with E-state index in [2.05, 4.69) is 12.2 Å². The van der Waals surface area contributed by atoms with E-state index in [-0.39, 0.29) is 11.9 Å². The maximum Gasteiger partial charge on any atom is 0.231 e. The fraction of sp³-hybridized carbons (Fsp3) is 0.588. The van der Waals surface area contributed by atoms with Crippen LogP contribution in [0.2, 0.25) is 0 Å². The van der Waals surface area contributed by atoms with Crippen molar-refractivity contribution in [2.45, 2.75) is 44.6 Å². The lowest BCUT2D eigenvalue weighted by molar-refractivity contribution is -0.131. The summed E-state index contributed by atoms with van der Waals surface area (Å²) in [5.74, 6) is 0.925. The van der Waals surface area contributed by atoms with Gasteiger partial charge in [0.25, 0.3) is 0 Å². The third-order valence-electron chi connectivity index (χ3n) is 4.41. The summed E-state index contributed by atoms with van der Waals surface area (Å²) in [4.78, 5) is 12.8. The highest BCUT2D eigenvalue weighted by molar-refractivity contribution is 5.88. The van der Waals surface area contributed by atoms with Crippen molar-refractivity contribution in [3.8, 4) is 5.75 Å². The lowest BCUT2D eigenvalue weighted by Crippen LogP contribution is -2.50. The van der Waals surface area contributed by atoms with Gasteiger partial charge in [0.05, 0.1) is 12.5 Å². The Hall–Kier alpha value is -1.55. The summed E-state index contributed by atoms with van der Waals surface area (Å²) in [5.41, 5.74) is 0.570. The van der Waals surface area contributed by atoms with Crippen LogP contribution < -0.4 is 10.1 Å². The summed E-state index contributed by atoms with van der Waals surface area (Å²) in [5, 5.41) is 3.14. The predicted molar refractivity (Wildman–Crippen MR) is 82.6 cm³/mol. The molecule has 0 unspecified atom stereocenters. The third kappa shape index (κ3) is 3.38. The molecule has 1 atom stereocenters. The number of benzene rings is 1.